The Bertz CT molecular complexity index is 1080. The Kier molecular flexibility index (Phi) is 5.51. The molecular formula is C20H18ClNO4S. The summed E-state index contributed by atoms with van der Waals surface area (Å²) in [6.07, 6.45) is 0.0556. The van der Waals surface area contributed by atoms with Crippen molar-refractivity contribution in [3.05, 3.63) is 77.3 Å². The van der Waals surface area contributed by atoms with Crippen LogP contribution in [0.25, 0.3) is 10.8 Å². The molecule has 0 spiro atoms. The molecule has 3 aromatic rings. The Morgan fingerprint density at radius 1 is 1.04 bits per heavy atom. The Labute approximate surface area is 162 Å². The number of carboxylic acid groups (broad SMARTS) is 1. The zero-order chi connectivity index (χ0) is 19.6. The summed E-state index contributed by atoms with van der Waals surface area (Å²) in [6, 6.07) is 17.6. The fourth-order valence-electron chi connectivity index (χ4n) is 2.99. The van der Waals surface area contributed by atoms with Crippen LogP contribution in [-0.2, 0) is 21.2 Å². The molecule has 5 nitrogen and oxygen atoms in total. The zero-order valence-corrected chi connectivity index (χ0v) is 16.1. The van der Waals surface area contributed by atoms with Gasteiger partial charge in [-0.2, -0.15) is 4.31 Å². The van der Waals surface area contributed by atoms with Gasteiger partial charge in [0.1, 0.15) is 6.04 Å². The van der Waals surface area contributed by atoms with Gasteiger partial charge in [0.25, 0.3) is 0 Å². The van der Waals surface area contributed by atoms with E-state index in [0.717, 1.165) is 20.6 Å². The molecule has 1 unspecified atom stereocenters. The highest BCUT2D eigenvalue weighted by Crippen LogP contribution is 2.24. The summed E-state index contributed by atoms with van der Waals surface area (Å²) in [4.78, 5) is 11.9. The van der Waals surface area contributed by atoms with Crippen molar-refractivity contribution in [1.29, 1.82) is 0 Å². The molecule has 0 saturated carbocycles. The fraction of sp³-hybridized carbons (Fsp3) is 0.150. The average Bonchev–Trinajstić information content (AvgIpc) is 2.65. The van der Waals surface area contributed by atoms with Crippen LogP contribution in [0.1, 0.15) is 5.56 Å². The van der Waals surface area contributed by atoms with Crippen LogP contribution in [0.2, 0.25) is 5.02 Å². The second kappa shape index (κ2) is 7.68. The molecule has 0 aromatic heterocycles. The monoisotopic (exact) mass is 403 g/mol. The molecule has 0 amide bonds. The van der Waals surface area contributed by atoms with Gasteiger partial charge >= 0.3 is 5.97 Å². The summed E-state index contributed by atoms with van der Waals surface area (Å²) in [5.41, 5.74) is 0.777. The largest absolute Gasteiger partial charge is 0.480 e. The van der Waals surface area contributed by atoms with Crippen LogP contribution >= 0.6 is 11.6 Å². The van der Waals surface area contributed by atoms with Crippen LogP contribution in [0.5, 0.6) is 0 Å². The standard InChI is InChI=1S/C20H18ClNO4S/c1-22(27(25,26)17-11-9-16(21)10-12-17)19(20(23)24)13-15-7-4-6-14-5-2-3-8-18(14)15/h2-12,19H,13H2,1H3,(H,23,24). The van der Waals surface area contributed by atoms with Gasteiger partial charge in [-0.1, -0.05) is 54.1 Å². The van der Waals surface area contributed by atoms with Gasteiger partial charge in [-0.15, -0.1) is 0 Å². The fourth-order valence-corrected chi connectivity index (χ4v) is 4.43. The van der Waals surface area contributed by atoms with E-state index in [2.05, 4.69) is 0 Å². The summed E-state index contributed by atoms with van der Waals surface area (Å²) in [7, 11) is -2.69. The van der Waals surface area contributed by atoms with E-state index >= 15 is 0 Å². The number of halogens is 1. The van der Waals surface area contributed by atoms with E-state index < -0.39 is 22.0 Å². The van der Waals surface area contributed by atoms with Crippen LogP contribution in [-0.4, -0.2) is 36.9 Å². The molecule has 0 heterocycles. The Balaban J connectivity index is 1.97. The second-order valence-electron chi connectivity index (χ2n) is 6.17. The van der Waals surface area contributed by atoms with Gasteiger partial charge in [0.05, 0.1) is 4.90 Å². The smallest absolute Gasteiger partial charge is 0.322 e. The topological polar surface area (TPSA) is 74.7 Å². The summed E-state index contributed by atoms with van der Waals surface area (Å²) >= 11 is 5.81. The number of aliphatic carboxylic acids is 1. The molecule has 0 aliphatic heterocycles. The first-order valence-corrected chi connectivity index (χ1v) is 10.1. The van der Waals surface area contributed by atoms with Gasteiger partial charge in [-0.3, -0.25) is 4.79 Å². The van der Waals surface area contributed by atoms with E-state index in [1.54, 1.807) is 0 Å². The summed E-state index contributed by atoms with van der Waals surface area (Å²) in [5, 5.41) is 12.0. The molecule has 0 aliphatic rings. The number of sulfonamides is 1. The number of rotatable bonds is 6. The van der Waals surface area contributed by atoms with Crippen LogP contribution in [0.4, 0.5) is 0 Å². The third kappa shape index (κ3) is 3.98. The van der Waals surface area contributed by atoms with E-state index in [4.69, 9.17) is 11.6 Å². The molecule has 0 saturated heterocycles. The molecule has 1 N–H and O–H groups in total. The van der Waals surface area contributed by atoms with Crippen molar-refractivity contribution in [3.8, 4) is 0 Å². The predicted molar refractivity (Wildman–Crippen MR) is 105 cm³/mol. The quantitative estimate of drug-likeness (QED) is 0.679. The van der Waals surface area contributed by atoms with Gasteiger partial charge in [-0.25, -0.2) is 8.42 Å². The van der Waals surface area contributed by atoms with Crippen LogP contribution in [0, 0.1) is 0 Å². The number of hydrogen-bond acceptors (Lipinski definition) is 3. The molecular weight excluding hydrogens is 386 g/mol. The second-order valence-corrected chi connectivity index (χ2v) is 8.61. The summed E-state index contributed by atoms with van der Waals surface area (Å²) in [6.45, 7) is 0. The number of nitrogens with zero attached hydrogens (tertiary/aromatic N) is 1. The normalized spacial score (nSPS) is 13.0. The van der Waals surface area contributed by atoms with Crippen LogP contribution in [0.3, 0.4) is 0 Å². The lowest BCUT2D eigenvalue weighted by Gasteiger charge is -2.25. The summed E-state index contributed by atoms with van der Waals surface area (Å²) < 4.78 is 26.6. The molecule has 7 heteroatoms. The van der Waals surface area contributed by atoms with Gasteiger partial charge in [-0.05, 0) is 40.6 Å². The van der Waals surface area contributed by atoms with Crippen molar-refractivity contribution in [3.63, 3.8) is 0 Å². The number of fused-ring (bicyclic) bond motifs is 1. The molecule has 3 rings (SSSR count). The zero-order valence-electron chi connectivity index (χ0n) is 14.5. The molecule has 0 aliphatic carbocycles. The molecule has 3 aromatic carbocycles. The maximum absolute atomic E-state index is 12.9. The molecule has 0 fully saturated rings. The number of benzene rings is 3. The SMILES string of the molecule is CN(C(Cc1cccc2ccccc12)C(=O)O)S(=O)(=O)c1ccc(Cl)cc1. The van der Waals surface area contributed by atoms with E-state index in [1.165, 1.54) is 31.3 Å². The minimum absolute atomic E-state index is 0.00132. The van der Waals surface area contributed by atoms with Crippen molar-refractivity contribution < 1.29 is 18.3 Å². The van der Waals surface area contributed by atoms with E-state index in [9.17, 15) is 18.3 Å². The Hall–Kier alpha value is -2.41. The lowest BCUT2D eigenvalue weighted by molar-refractivity contribution is -0.141. The Morgan fingerprint density at radius 2 is 1.67 bits per heavy atom. The number of hydrogen-bond donors (Lipinski definition) is 1. The number of carboxylic acids is 1. The van der Waals surface area contributed by atoms with E-state index in [0.29, 0.717) is 5.02 Å². The van der Waals surface area contributed by atoms with Crippen molar-refractivity contribution >= 4 is 38.4 Å². The first-order valence-electron chi connectivity index (χ1n) is 8.24. The van der Waals surface area contributed by atoms with E-state index in [1.807, 2.05) is 42.5 Å². The van der Waals surface area contributed by atoms with Gasteiger partial charge in [0.2, 0.25) is 10.0 Å². The maximum Gasteiger partial charge on any atom is 0.322 e. The molecule has 0 bridgehead atoms. The molecule has 0 radical (unpaired) electrons. The lowest BCUT2D eigenvalue weighted by atomic mass is 9.99. The highest BCUT2D eigenvalue weighted by atomic mass is 35.5. The lowest BCUT2D eigenvalue weighted by Crippen LogP contribution is -2.43. The molecule has 140 valence electrons. The first kappa shape index (κ1) is 19.4. The molecule has 27 heavy (non-hydrogen) atoms. The van der Waals surface area contributed by atoms with Gasteiger partial charge < -0.3 is 5.11 Å². The highest BCUT2D eigenvalue weighted by Gasteiger charge is 2.33. The minimum atomic E-state index is -3.98. The maximum atomic E-state index is 12.9. The summed E-state index contributed by atoms with van der Waals surface area (Å²) in [5.74, 6) is -1.21. The average molecular weight is 404 g/mol. The van der Waals surface area contributed by atoms with Crippen LogP contribution in [0.15, 0.2) is 71.6 Å². The van der Waals surface area contributed by atoms with Crippen molar-refractivity contribution in [1.82, 2.24) is 4.31 Å². The van der Waals surface area contributed by atoms with Gasteiger partial charge in [0, 0.05) is 18.5 Å². The molecule has 1 atom stereocenters. The highest BCUT2D eigenvalue weighted by molar-refractivity contribution is 7.89. The van der Waals surface area contributed by atoms with E-state index in [-0.39, 0.29) is 11.3 Å². The van der Waals surface area contributed by atoms with Crippen molar-refractivity contribution in [2.75, 3.05) is 7.05 Å². The van der Waals surface area contributed by atoms with Gasteiger partial charge in [0.15, 0.2) is 0 Å². The minimum Gasteiger partial charge on any atom is -0.480 e. The Morgan fingerprint density at radius 3 is 2.33 bits per heavy atom. The van der Waals surface area contributed by atoms with Crippen molar-refractivity contribution in [2.45, 2.75) is 17.4 Å². The first-order chi connectivity index (χ1) is 12.8. The third-order valence-electron chi connectivity index (χ3n) is 4.51. The number of carbonyl (C=O) groups is 1. The number of likely N-dealkylation sites (N-methyl/N-ethyl adjacent to an activating group) is 1. The third-order valence-corrected chi connectivity index (χ3v) is 6.64. The predicted octanol–water partition coefficient (Wildman–Crippen LogP) is 3.81. The van der Waals surface area contributed by atoms with Crippen LogP contribution < -0.4 is 0 Å². The van der Waals surface area contributed by atoms with Crippen molar-refractivity contribution in [2.24, 2.45) is 0 Å².